The molecule has 0 spiro atoms. The number of carbonyl (C=O) groups excluding carboxylic acids is 1. The molecular formula is C23H27NO5. The van der Waals surface area contributed by atoms with Crippen molar-refractivity contribution in [2.24, 2.45) is 0 Å². The van der Waals surface area contributed by atoms with Crippen LogP contribution in [-0.2, 0) is 14.3 Å². The van der Waals surface area contributed by atoms with Gasteiger partial charge in [-0.2, -0.15) is 0 Å². The van der Waals surface area contributed by atoms with Gasteiger partial charge in [-0.3, -0.25) is 0 Å². The maximum absolute atomic E-state index is 12.2. The summed E-state index contributed by atoms with van der Waals surface area (Å²) in [6, 6.07) is 15.0. The van der Waals surface area contributed by atoms with E-state index in [1.807, 2.05) is 36.4 Å². The van der Waals surface area contributed by atoms with Gasteiger partial charge in [0, 0.05) is 12.5 Å². The molecule has 29 heavy (non-hydrogen) atoms. The number of hydrogen-bond acceptors (Lipinski definition) is 4. The Bertz CT molecular complexity index is 805. The lowest BCUT2D eigenvalue weighted by Gasteiger charge is -2.17. The standard InChI is InChI=1S/C23H27NO5/c1-2-3-8-13-28-15-21(22(25)26)24-23(27)29-14-20-18-11-6-4-9-16(18)17-10-5-7-12-19(17)20/h4-7,9-12,20-21H,2-3,8,13-15H2,1H3,(H,24,27)(H,25,26)/t21-/m0/s1. The first-order valence-electron chi connectivity index (χ1n) is 10.0. The average Bonchev–Trinajstić information content (AvgIpc) is 3.05. The summed E-state index contributed by atoms with van der Waals surface area (Å²) in [5.74, 6) is -1.21. The van der Waals surface area contributed by atoms with Crippen LogP contribution in [0.3, 0.4) is 0 Å². The van der Waals surface area contributed by atoms with Crippen LogP contribution in [0.15, 0.2) is 48.5 Å². The van der Waals surface area contributed by atoms with E-state index in [0.29, 0.717) is 6.61 Å². The highest BCUT2D eigenvalue weighted by molar-refractivity contribution is 5.81. The van der Waals surface area contributed by atoms with Crippen LogP contribution in [-0.4, -0.2) is 43.0 Å². The normalized spacial score (nSPS) is 13.4. The Labute approximate surface area is 170 Å². The highest BCUT2D eigenvalue weighted by atomic mass is 16.5. The summed E-state index contributed by atoms with van der Waals surface area (Å²) in [6.07, 6.45) is 2.20. The smallest absolute Gasteiger partial charge is 0.407 e. The molecule has 1 amide bonds. The Balaban J connectivity index is 1.56. The number of carboxylic acid groups (broad SMARTS) is 1. The number of benzene rings is 2. The molecule has 2 aromatic carbocycles. The van der Waals surface area contributed by atoms with Crippen LogP contribution >= 0.6 is 0 Å². The van der Waals surface area contributed by atoms with Crippen molar-refractivity contribution in [3.8, 4) is 11.1 Å². The molecule has 0 radical (unpaired) electrons. The molecule has 2 aromatic rings. The lowest BCUT2D eigenvalue weighted by atomic mass is 9.98. The molecular weight excluding hydrogens is 370 g/mol. The molecule has 0 aliphatic heterocycles. The summed E-state index contributed by atoms with van der Waals surface area (Å²) in [4.78, 5) is 23.6. The third-order valence-corrected chi connectivity index (χ3v) is 5.11. The summed E-state index contributed by atoms with van der Waals surface area (Å²) >= 11 is 0. The van der Waals surface area contributed by atoms with Crippen LogP contribution in [0, 0.1) is 0 Å². The van der Waals surface area contributed by atoms with Gasteiger partial charge in [-0.15, -0.1) is 0 Å². The van der Waals surface area contributed by atoms with Crippen LogP contribution in [0.5, 0.6) is 0 Å². The van der Waals surface area contributed by atoms with Crippen LogP contribution in [0.25, 0.3) is 11.1 Å². The van der Waals surface area contributed by atoms with Gasteiger partial charge in [-0.1, -0.05) is 68.3 Å². The maximum Gasteiger partial charge on any atom is 0.407 e. The van der Waals surface area contributed by atoms with Crippen molar-refractivity contribution >= 4 is 12.1 Å². The number of nitrogens with one attached hydrogen (secondary N) is 1. The third-order valence-electron chi connectivity index (χ3n) is 5.11. The van der Waals surface area contributed by atoms with Crippen molar-refractivity contribution in [2.45, 2.75) is 38.1 Å². The Morgan fingerprint density at radius 1 is 1.03 bits per heavy atom. The minimum Gasteiger partial charge on any atom is -0.480 e. The van der Waals surface area contributed by atoms with E-state index in [2.05, 4.69) is 24.4 Å². The first kappa shape index (κ1) is 20.9. The van der Waals surface area contributed by atoms with Crippen LogP contribution in [0.4, 0.5) is 4.79 Å². The number of unbranched alkanes of at least 4 members (excludes halogenated alkanes) is 2. The average molecular weight is 397 g/mol. The molecule has 0 heterocycles. The molecule has 3 rings (SSSR count). The minimum absolute atomic E-state index is 0.0679. The zero-order valence-electron chi connectivity index (χ0n) is 16.6. The monoisotopic (exact) mass is 397 g/mol. The molecule has 0 fully saturated rings. The molecule has 0 saturated heterocycles. The van der Waals surface area contributed by atoms with Crippen LogP contribution in [0.1, 0.15) is 43.2 Å². The molecule has 154 valence electrons. The lowest BCUT2D eigenvalue weighted by Crippen LogP contribution is -2.44. The predicted molar refractivity (Wildman–Crippen MR) is 110 cm³/mol. The molecule has 1 aliphatic rings. The molecule has 0 saturated carbocycles. The van der Waals surface area contributed by atoms with Gasteiger partial charge in [0.15, 0.2) is 6.04 Å². The number of ether oxygens (including phenoxy) is 2. The number of rotatable bonds is 10. The summed E-state index contributed by atoms with van der Waals surface area (Å²) in [5, 5.41) is 11.7. The van der Waals surface area contributed by atoms with Crippen LogP contribution < -0.4 is 5.32 Å². The van der Waals surface area contributed by atoms with Crippen molar-refractivity contribution in [2.75, 3.05) is 19.8 Å². The molecule has 0 bridgehead atoms. The molecule has 2 N–H and O–H groups in total. The molecule has 0 aromatic heterocycles. The Kier molecular flexibility index (Phi) is 7.25. The quantitative estimate of drug-likeness (QED) is 0.588. The number of carbonyl (C=O) groups is 2. The van der Waals surface area contributed by atoms with Crippen LogP contribution in [0.2, 0.25) is 0 Å². The van der Waals surface area contributed by atoms with E-state index in [1.54, 1.807) is 0 Å². The van der Waals surface area contributed by atoms with Crippen molar-refractivity contribution in [3.63, 3.8) is 0 Å². The van der Waals surface area contributed by atoms with E-state index >= 15 is 0 Å². The lowest BCUT2D eigenvalue weighted by molar-refractivity contribution is -0.141. The number of aliphatic carboxylic acids is 1. The minimum atomic E-state index is -1.14. The number of carboxylic acids is 1. The second kappa shape index (κ2) is 10.1. The van der Waals surface area contributed by atoms with E-state index in [9.17, 15) is 14.7 Å². The third kappa shape index (κ3) is 5.15. The molecule has 0 unspecified atom stereocenters. The van der Waals surface area contributed by atoms with Gasteiger partial charge >= 0.3 is 12.1 Å². The van der Waals surface area contributed by atoms with Gasteiger partial charge in [0.1, 0.15) is 6.61 Å². The van der Waals surface area contributed by atoms with E-state index in [1.165, 1.54) is 0 Å². The fourth-order valence-corrected chi connectivity index (χ4v) is 3.61. The Hall–Kier alpha value is -2.86. The number of hydrogen-bond donors (Lipinski definition) is 2. The molecule has 6 nitrogen and oxygen atoms in total. The largest absolute Gasteiger partial charge is 0.480 e. The second-order valence-corrected chi connectivity index (χ2v) is 7.14. The van der Waals surface area contributed by atoms with E-state index < -0.39 is 18.1 Å². The topological polar surface area (TPSA) is 84.9 Å². The highest BCUT2D eigenvalue weighted by Gasteiger charge is 2.29. The van der Waals surface area contributed by atoms with E-state index in [0.717, 1.165) is 41.5 Å². The first-order chi connectivity index (χ1) is 14.1. The summed E-state index contributed by atoms with van der Waals surface area (Å²) in [5.41, 5.74) is 4.49. The van der Waals surface area contributed by atoms with Gasteiger partial charge in [0.2, 0.25) is 0 Å². The van der Waals surface area contributed by atoms with E-state index in [4.69, 9.17) is 9.47 Å². The van der Waals surface area contributed by atoms with Crippen molar-refractivity contribution < 1.29 is 24.2 Å². The van der Waals surface area contributed by atoms with Gasteiger partial charge in [0.05, 0.1) is 6.61 Å². The molecule has 1 aliphatic carbocycles. The highest BCUT2D eigenvalue weighted by Crippen LogP contribution is 2.44. The predicted octanol–water partition coefficient (Wildman–Crippen LogP) is 4.19. The van der Waals surface area contributed by atoms with Gasteiger partial charge in [-0.25, -0.2) is 9.59 Å². The summed E-state index contributed by atoms with van der Waals surface area (Å²) < 4.78 is 10.8. The van der Waals surface area contributed by atoms with Gasteiger partial charge in [-0.05, 0) is 28.7 Å². The van der Waals surface area contributed by atoms with Crippen molar-refractivity contribution in [1.29, 1.82) is 0 Å². The Morgan fingerprint density at radius 2 is 1.66 bits per heavy atom. The van der Waals surface area contributed by atoms with Crippen molar-refractivity contribution in [1.82, 2.24) is 5.32 Å². The Morgan fingerprint density at radius 3 is 2.24 bits per heavy atom. The molecule has 1 atom stereocenters. The number of alkyl carbamates (subject to hydrolysis) is 1. The fraction of sp³-hybridized carbons (Fsp3) is 0.391. The second-order valence-electron chi connectivity index (χ2n) is 7.14. The van der Waals surface area contributed by atoms with Gasteiger partial charge in [0.25, 0.3) is 0 Å². The van der Waals surface area contributed by atoms with E-state index in [-0.39, 0.29) is 19.1 Å². The zero-order valence-corrected chi connectivity index (χ0v) is 16.6. The van der Waals surface area contributed by atoms with Crippen molar-refractivity contribution in [3.05, 3.63) is 59.7 Å². The SMILES string of the molecule is CCCCCOC[C@H](NC(=O)OCC1c2ccccc2-c2ccccc21)C(=O)O. The molecule has 6 heteroatoms. The maximum atomic E-state index is 12.2. The number of fused-ring (bicyclic) bond motifs is 3. The fourth-order valence-electron chi connectivity index (χ4n) is 3.61. The zero-order chi connectivity index (χ0) is 20.6. The number of amides is 1. The first-order valence-corrected chi connectivity index (χ1v) is 10.0. The summed E-state index contributed by atoms with van der Waals surface area (Å²) in [7, 11) is 0. The summed E-state index contributed by atoms with van der Waals surface area (Å²) in [6.45, 7) is 2.62. The van der Waals surface area contributed by atoms with Gasteiger partial charge < -0.3 is 19.9 Å².